The molecule has 7 aliphatic rings. The summed E-state index contributed by atoms with van der Waals surface area (Å²) in [5.74, 6) is -3.02. The molecule has 0 radical (unpaired) electrons. The predicted molar refractivity (Wildman–Crippen MR) is 378 cm³/mol. The van der Waals surface area contributed by atoms with E-state index in [9.17, 15) is 82.9 Å². The second kappa shape index (κ2) is 46.6. The molecule has 0 spiro atoms. The molecule has 118 heavy (non-hydrogen) atoms. The van der Waals surface area contributed by atoms with Crippen LogP contribution in [0.3, 0.4) is 0 Å². The fourth-order valence-electron chi connectivity index (χ4n) is 14.4. The zero-order valence-electron chi connectivity index (χ0n) is 63.7. The molecule has 7 fully saturated rings. The third-order valence-electron chi connectivity index (χ3n) is 20.7. The van der Waals surface area contributed by atoms with Crippen molar-refractivity contribution in [2.75, 3.05) is 26.4 Å². The molecular weight excluding hydrogens is 1830 g/mol. The molecule has 7 aliphatic heterocycles. The first-order valence-electron chi connectivity index (χ1n) is 35.3. The Morgan fingerprint density at radius 3 is 0.924 bits per heavy atom. The third kappa shape index (κ3) is 30.3. The SMILES string of the molecule is CCC1O[C@H](O[C@H]2C(CC)O[C@@H](O[C@H]3C(CC)O[C@@H](C)C(C)[C@H]3C)C(C)[C@H]2C)C(C)C(C)[C@@H]1O[C@H]1OC(COS(=O)(=O)O)[C@@H](O[C@@H]2OC(COSOOO)[C@H](O[C@@H]3OC(COSOOO)[C@H](O[C@@H]4OC(COSOOO)[C@H](OSOOO)[C@H](OS(=O)(=O)O)C4OS(=O)(=O)O)[C@H](O)C3OS(=O)(=O)O)[C@H](OS(=O)(=O)O)C2OS(=O)(=O)O)C(C)C1C. The number of hydrogen-bond acceptors (Lipinski definition) is 52. The van der Waals surface area contributed by atoms with E-state index >= 15 is 0 Å². The van der Waals surface area contributed by atoms with Gasteiger partial charge in [0.2, 0.25) is 0 Å². The van der Waals surface area contributed by atoms with Gasteiger partial charge in [0, 0.05) is 17.8 Å². The minimum atomic E-state index is -6.21. The highest BCUT2D eigenvalue weighted by atomic mass is 32.3. The van der Waals surface area contributed by atoms with E-state index in [4.69, 9.17) is 116 Å². The maximum absolute atomic E-state index is 13.2. The predicted octanol–water partition coefficient (Wildman–Crippen LogP) is 2.25. The van der Waals surface area contributed by atoms with E-state index in [-0.39, 0.29) is 79.0 Å². The Labute approximate surface area is 694 Å². The summed E-state index contributed by atoms with van der Waals surface area (Å²) in [6.07, 6.45) is -49.9. The topological polar surface area (TPSA) is 714 Å². The summed E-state index contributed by atoms with van der Waals surface area (Å²) in [7, 11) is -36.0. The van der Waals surface area contributed by atoms with Gasteiger partial charge in [0.25, 0.3) is 0 Å². The number of aliphatic hydroxyl groups excluding tert-OH is 1. The van der Waals surface area contributed by atoms with E-state index in [0.29, 0.717) is 12.8 Å². The molecular formula is C54H96O54S10. The molecule has 11 N–H and O–H groups in total. The van der Waals surface area contributed by atoms with Gasteiger partial charge in [-0.2, -0.15) is 50.5 Å². The lowest BCUT2D eigenvalue weighted by Gasteiger charge is -2.52. The fraction of sp³-hybridized carbons (Fsp3) is 1.00. The van der Waals surface area contributed by atoms with E-state index in [1.165, 1.54) is 13.8 Å². The van der Waals surface area contributed by atoms with Crippen LogP contribution in [0.1, 0.15) is 102 Å². The van der Waals surface area contributed by atoms with Crippen molar-refractivity contribution in [3.63, 3.8) is 0 Å². The van der Waals surface area contributed by atoms with Crippen molar-refractivity contribution in [3.8, 4) is 0 Å². The molecule has 0 bridgehead atoms. The molecule has 7 saturated heterocycles. The van der Waals surface area contributed by atoms with Gasteiger partial charge in [-0.3, -0.25) is 44.0 Å². The average Bonchev–Trinajstić information content (AvgIpc) is 0.763. The summed E-state index contributed by atoms with van der Waals surface area (Å²) < 4.78 is 363. The quantitative estimate of drug-likeness (QED) is 0.0137. The standard InChI is InChI=1S/C54H96O54S10/c1-13-29-37(21(5)20(4)28(12)82-29)89-49-25(9)22(6)38(30(14-2)83-49)90-50-26(10)23(7)39(31(15-3)84-50)91-51-27(11)24(8)40(35(85-51)19-81-113(60,61)62)92-53-47(99-117(72,73)74)45(97-115(66,67)68)42(33(87-53)17-79-110-106-102-57)94-52-44(96-114(63,64)65)36(55)41(32(86-52)16-78-109-105-101-56)93-54-48(100-118(75,76)77)46(98-116(69,70)71)43(95-112-108-104-59)34(88-54)18-80-111-107-103-58/h20-59H,13-19H2,1-12H3,(H,60,61,62)(H,63,64,65)(H,66,67,68)(H,69,70,71)(H,72,73,74)(H,75,76,77)/t20?,21-,22-,23?,24?,25?,26?,27?,28+,29?,30?,31?,32?,33?,34?,35?,36+,37-,38-,39+,40+,41+,42+,43+,44?,45+,46+,47?,48?,49+,50-,51-,52+,53+,54+/m1/s1. The van der Waals surface area contributed by atoms with Gasteiger partial charge in [0.15, 0.2) is 105 Å². The largest absolute Gasteiger partial charge is 0.397 e. The third-order valence-corrected chi connectivity index (χ3v) is 24.9. The van der Waals surface area contributed by atoms with E-state index in [2.05, 4.69) is 73.5 Å². The van der Waals surface area contributed by atoms with Gasteiger partial charge in [-0.25, -0.2) is 46.1 Å². The van der Waals surface area contributed by atoms with Crippen LogP contribution >= 0.6 is 49.3 Å². The van der Waals surface area contributed by atoms with Crippen molar-refractivity contribution in [2.24, 2.45) is 47.3 Å². The second-order valence-corrected chi connectivity index (χ2v) is 36.1. The van der Waals surface area contributed by atoms with Gasteiger partial charge in [0.1, 0.15) is 61.0 Å². The highest BCUT2D eigenvalue weighted by molar-refractivity contribution is 7.90. The highest BCUT2D eigenvalue weighted by Gasteiger charge is 2.62. The lowest BCUT2D eigenvalue weighted by molar-refractivity contribution is -0.435. The Balaban J connectivity index is 1.23. The van der Waals surface area contributed by atoms with E-state index in [1.54, 1.807) is 0 Å². The molecule has 0 amide bonds. The van der Waals surface area contributed by atoms with Gasteiger partial charge in [-0.1, -0.05) is 96.3 Å². The molecule has 7 rings (SSSR count). The summed E-state index contributed by atoms with van der Waals surface area (Å²) in [4.78, 5) is 0. The smallest absolute Gasteiger partial charge is 0.387 e. The molecule has 54 nitrogen and oxygen atoms in total. The van der Waals surface area contributed by atoms with E-state index < -0.39 is 272 Å². The summed E-state index contributed by atoms with van der Waals surface area (Å²) in [5.41, 5.74) is 0. The molecule has 0 aromatic heterocycles. The molecule has 35 atom stereocenters. The van der Waals surface area contributed by atoms with Crippen LogP contribution < -0.4 is 0 Å². The van der Waals surface area contributed by atoms with E-state index in [0.717, 1.165) is 6.42 Å². The summed E-state index contributed by atoms with van der Waals surface area (Å²) in [5, 5.41) is 61.5. The Bertz CT molecular complexity index is 3730. The van der Waals surface area contributed by atoms with Crippen LogP contribution in [0.5, 0.6) is 0 Å². The normalized spacial score (nSPS) is 40.2. The first-order chi connectivity index (χ1) is 55.1. The van der Waals surface area contributed by atoms with Gasteiger partial charge >= 0.3 is 62.4 Å². The van der Waals surface area contributed by atoms with Gasteiger partial charge in [-0.05, 0) is 55.8 Å². The Morgan fingerprint density at radius 2 is 0.551 bits per heavy atom. The van der Waals surface area contributed by atoms with Crippen molar-refractivity contribution < 1.29 is 245 Å². The van der Waals surface area contributed by atoms with Crippen LogP contribution in [-0.2, 0) is 203 Å². The number of ether oxygens (including phenoxy) is 13. The molecule has 64 heteroatoms. The van der Waals surface area contributed by atoms with Crippen molar-refractivity contribution in [2.45, 2.75) is 268 Å². The summed E-state index contributed by atoms with van der Waals surface area (Å²) >= 11 is -1.35. The maximum Gasteiger partial charge on any atom is 0.397 e. The summed E-state index contributed by atoms with van der Waals surface area (Å²) in [6.45, 7) is 17.9. The van der Waals surface area contributed by atoms with Gasteiger partial charge in [-0.15, -0.1) is 17.3 Å². The molecule has 0 aromatic rings. The van der Waals surface area contributed by atoms with Crippen LogP contribution in [0.25, 0.3) is 0 Å². The molecule has 696 valence electrons. The summed E-state index contributed by atoms with van der Waals surface area (Å²) in [6, 6.07) is 0. The van der Waals surface area contributed by atoms with Crippen molar-refractivity contribution in [3.05, 3.63) is 0 Å². The zero-order valence-corrected chi connectivity index (χ0v) is 71.9. The van der Waals surface area contributed by atoms with E-state index in [1.807, 2.05) is 41.5 Å². The monoisotopic (exact) mass is 1930 g/mol. The molecule has 0 aliphatic carbocycles. The zero-order chi connectivity index (χ0) is 87.9. The molecule has 16 unspecified atom stereocenters. The lowest BCUT2D eigenvalue weighted by atomic mass is 9.80. The van der Waals surface area contributed by atoms with Crippen LogP contribution in [0, 0.1) is 47.3 Å². The number of aliphatic hydroxyl groups is 1. The number of hydrogen-bond donors (Lipinski definition) is 11. The minimum Gasteiger partial charge on any atom is -0.387 e. The van der Waals surface area contributed by atoms with Crippen molar-refractivity contribution >= 4 is 112 Å². The second-order valence-electron chi connectivity index (χ2n) is 27.7. The van der Waals surface area contributed by atoms with Crippen molar-refractivity contribution in [1.29, 1.82) is 0 Å². The van der Waals surface area contributed by atoms with Gasteiger partial charge < -0.3 is 66.7 Å². The maximum atomic E-state index is 13.2. The first-order valence-corrected chi connectivity index (χ1v) is 46.1. The molecule has 0 aromatic carbocycles. The Morgan fingerprint density at radius 1 is 0.280 bits per heavy atom. The minimum absolute atomic E-state index is 0.0325. The fourth-order valence-corrected chi connectivity index (χ4v) is 18.2. The van der Waals surface area contributed by atoms with Crippen LogP contribution in [-0.4, -0.2) is 296 Å². The highest BCUT2D eigenvalue weighted by Crippen LogP contribution is 2.47. The van der Waals surface area contributed by atoms with Crippen LogP contribution in [0.2, 0.25) is 0 Å². The number of rotatable bonds is 47. The molecule has 7 heterocycles. The average molecular weight is 1930 g/mol. The van der Waals surface area contributed by atoms with Crippen LogP contribution in [0.15, 0.2) is 0 Å². The Hall–Kier alpha value is -0.580. The molecule has 0 saturated carbocycles. The van der Waals surface area contributed by atoms with Crippen molar-refractivity contribution in [1.82, 2.24) is 0 Å². The lowest BCUT2D eigenvalue weighted by Crippen LogP contribution is -2.68. The van der Waals surface area contributed by atoms with Gasteiger partial charge in [0.05, 0.1) is 75.3 Å². The Kier molecular flexibility index (Phi) is 41.3. The van der Waals surface area contributed by atoms with Crippen LogP contribution in [0.4, 0.5) is 0 Å². The first kappa shape index (κ1) is 104.